The Morgan fingerprint density at radius 2 is 2.12 bits per heavy atom. The molecule has 3 heteroatoms. The van der Waals surface area contributed by atoms with Crippen molar-refractivity contribution >= 4 is 5.69 Å². The van der Waals surface area contributed by atoms with E-state index in [2.05, 4.69) is 25.7 Å². The molecule has 0 unspecified atom stereocenters. The van der Waals surface area contributed by atoms with Gasteiger partial charge in [0.1, 0.15) is 5.75 Å². The van der Waals surface area contributed by atoms with Crippen molar-refractivity contribution in [1.29, 1.82) is 0 Å². The van der Waals surface area contributed by atoms with Crippen LogP contribution in [0.3, 0.4) is 0 Å². The van der Waals surface area contributed by atoms with E-state index >= 15 is 0 Å². The number of nitrogens with zero attached hydrogens (tertiary/aromatic N) is 1. The van der Waals surface area contributed by atoms with Crippen LogP contribution in [0.5, 0.6) is 5.75 Å². The summed E-state index contributed by atoms with van der Waals surface area (Å²) in [6.45, 7) is 9.56. The fourth-order valence-corrected chi connectivity index (χ4v) is 1.84. The first-order valence-electron chi connectivity index (χ1n) is 6.36. The van der Waals surface area contributed by atoms with Crippen LogP contribution in [0.15, 0.2) is 24.3 Å². The van der Waals surface area contributed by atoms with Gasteiger partial charge in [-0.3, -0.25) is 0 Å². The summed E-state index contributed by atoms with van der Waals surface area (Å²) >= 11 is 0. The van der Waals surface area contributed by atoms with Gasteiger partial charge in [0, 0.05) is 24.3 Å². The van der Waals surface area contributed by atoms with E-state index in [1.165, 1.54) is 0 Å². The molecule has 1 aromatic carbocycles. The van der Waals surface area contributed by atoms with Crippen LogP contribution in [0.25, 0.3) is 0 Å². The predicted octanol–water partition coefficient (Wildman–Crippen LogP) is 2.77. The zero-order valence-corrected chi connectivity index (χ0v) is 11.1. The predicted molar refractivity (Wildman–Crippen MR) is 73.3 cm³/mol. The monoisotopic (exact) mass is 236 g/mol. The Bertz CT molecular complexity index is 326. The highest BCUT2D eigenvalue weighted by Gasteiger charge is 2.05. The van der Waals surface area contributed by atoms with Gasteiger partial charge in [-0.25, -0.2) is 0 Å². The zero-order valence-electron chi connectivity index (χ0n) is 11.1. The first kappa shape index (κ1) is 13.8. The SMILES string of the molecule is CCN(CCCOc1cccc(N)c1)C(C)C. The normalized spacial score (nSPS) is 11.1. The van der Waals surface area contributed by atoms with Gasteiger partial charge in [-0.05, 0) is 38.9 Å². The lowest BCUT2D eigenvalue weighted by atomic mass is 10.3. The van der Waals surface area contributed by atoms with E-state index < -0.39 is 0 Å². The molecule has 0 spiro atoms. The smallest absolute Gasteiger partial charge is 0.121 e. The highest BCUT2D eigenvalue weighted by Crippen LogP contribution is 2.14. The maximum Gasteiger partial charge on any atom is 0.121 e. The van der Waals surface area contributed by atoms with Crippen LogP contribution < -0.4 is 10.5 Å². The van der Waals surface area contributed by atoms with E-state index in [1.54, 1.807) is 0 Å². The molecule has 0 heterocycles. The number of nitrogens with two attached hydrogens (primary N) is 1. The molecule has 0 fully saturated rings. The number of benzene rings is 1. The molecule has 17 heavy (non-hydrogen) atoms. The number of hydrogen-bond acceptors (Lipinski definition) is 3. The molecule has 0 radical (unpaired) electrons. The third-order valence-electron chi connectivity index (χ3n) is 2.85. The second-order valence-electron chi connectivity index (χ2n) is 4.50. The van der Waals surface area contributed by atoms with Crippen molar-refractivity contribution in [3.8, 4) is 5.75 Å². The third kappa shape index (κ3) is 5.09. The number of anilines is 1. The summed E-state index contributed by atoms with van der Waals surface area (Å²) < 4.78 is 5.65. The third-order valence-corrected chi connectivity index (χ3v) is 2.85. The van der Waals surface area contributed by atoms with Crippen molar-refractivity contribution in [2.75, 3.05) is 25.4 Å². The van der Waals surface area contributed by atoms with Gasteiger partial charge in [-0.2, -0.15) is 0 Å². The Morgan fingerprint density at radius 1 is 1.35 bits per heavy atom. The average molecular weight is 236 g/mol. The van der Waals surface area contributed by atoms with Gasteiger partial charge in [0.2, 0.25) is 0 Å². The highest BCUT2D eigenvalue weighted by atomic mass is 16.5. The molecule has 1 aromatic rings. The van der Waals surface area contributed by atoms with E-state index in [1.807, 2.05) is 24.3 Å². The van der Waals surface area contributed by atoms with Gasteiger partial charge in [0.15, 0.2) is 0 Å². The minimum absolute atomic E-state index is 0.604. The van der Waals surface area contributed by atoms with Crippen LogP contribution >= 0.6 is 0 Å². The lowest BCUT2D eigenvalue weighted by Gasteiger charge is -2.24. The van der Waals surface area contributed by atoms with Gasteiger partial charge >= 0.3 is 0 Å². The van der Waals surface area contributed by atoms with Crippen molar-refractivity contribution in [2.45, 2.75) is 33.2 Å². The van der Waals surface area contributed by atoms with Crippen LogP contribution in [0.2, 0.25) is 0 Å². The molecule has 1 rings (SSSR count). The summed E-state index contributed by atoms with van der Waals surface area (Å²) in [6.07, 6.45) is 1.04. The lowest BCUT2D eigenvalue weighted by molar-refractivity contribution is 0.207. The van der Waals surface area contributed by atoms with Crippen LogP contribution in [0, 0.1) is 0 Å². The number of ether oxygens (including phenoxy) is 1. The van der Waals surface area contributed by atoms with Gasteiger partial charge in [-0.1, -0.05) is 13.0 Å². The second kappa shape index (κ2) is 7.17. The molecule has 0 aliphatic heterocycles. The molecule has 0 saturated carbocycles. The fourth-order valence-electron chi connectivity index (χ4n) is 1.84. The molecule has 3 nitrogen and oxygen atoms in total. The van der Waals surface area contributed by atoms with Crippen molar-refractivity contribution in [1.82, 2.24) is 4.90 Å². The molecule has 0 aliphatic carbocycles. The molecule has 2 N–H and O–H groups in total. The molecular formula is C14H24N2O. The van der Waals surface area contributed by atoms with Gasteiger partial charge in [-0.15, -0.1) is 0 Å². The maximum absolute atomic E-state index is 5.68. The second-order valence-corrected chi connectivity index (χ2v) is 4.50. The standard InChI is InChI=1S/C14H24N2O/c1-4-16(12(2)3)9-6-10-17-14-8-5-7-13(15)11-14/h5,7-8,11-12H,4,6,9-10,15H2,1-3H3. The summed E-state index contributed by atoms with van der Waals surface area (Å²) in [7, 11) is 0. The van der Waals surface area contributed by atoms with E-state index in [-0.39, 0.29) is 0 Å². The Hall–Kier alpha value is -1.22. The van der Waals surface area contributed by atoms with Crippen LogP contribution in [0.4, 0.5) is 5.69 Å². The van der Waals surface area contributed by atoms with Crippen LogP contribution in [-0.2, 0) is 0 Å². The average Bonchev–Trinajstić information content (AvgIpc) is 2.28. The minimum atomic E-state index is 0.604. The fraction of sp³-hybridized carbons (Fsp3) is 0.571. The van der Waals surface area contributed by atoms with E-state index in [0.29, 0.717) is 6.04 Å². The summed E-state index contributed by atoms with van der Waals surface area (Å²) in [5, 5.41) is 0. The molecule has 0 atom stereocenters. The highest BCUT2D eigenvalue weighted by molar-refractivity contribution is 5.43. The molecule has 0 aromatic heterocycles. The van der Waals surface area contributed by atoms with E-state index in [4.69, 9.17) is 10.5 Å². The van der Waals surface area contributed by atoms with E-state index in [0.717, 1.165) is 37.6 Å². The zero-order chi connectivity index (χ0) is 12.7. The lowest BCUT2D eigenvalue weighted by Crippen LogP contribution is -2.32. The van der Waals surface area contributed by atoms with Crippen molar-refractivity contribution in [3.63, 3.8) is 0 Å². The molecular weight excluding hydrogens is 212 g/mol. The summed E-state index contributed by atoms with van der Waals surface area (Å²) in [5.41, 5.74) is 6.43. The van der Waals surface area contributed by atoms with Gasteiger partial charge in [0.05, 0.1) is 6.61 Å². The summed E-state index contributed by atoms with van der Waals surface area (Å²) in [6, 6.07) is 8.19. The minimum Gasteiger partial charge on any atom is -0.493 e. The Kier molecular flexibility index (Phi) is 5.84. The largest absolute Gasteiger partial charge is 0.493 e. The topological polar surface area (TPSA) is 38.5 Å². The summed E-state index contributed by atoms with van der Waals surface area (Å²) in [5.74, 6) is 0.859. The number of hydrogen-bond donors (Lipinski definition) is 1. The van der Waals surface area contributed by atoms with Gasteiger partial charge < -0.3 is 15.4 Å². The molecule has 0 amide bonds. The molecule has 0 bridgehead atoms. The van der Waals surface area contributed by atoms with Gasteiger partial charge in [0.25, 0.3) is 0 Å². The van der Waals surface area contributed by atoms with Crippen molar-refractivity contribution in [2.24, 2.45) is 0 Å². The Morgan fingerprint density at radius 3 is 2.71 bits per heavy atom. The van der Waals surface area contributed by atoms with Crippen LogP contribution in [0.1, 0.15) is 27.2 Å². The first-order chi connectivity index (χ1) is 8.13. The number of nitrogen functional groups attached to an aromatic ring is 1. The number of rotatable bonds is 7. The molecule has 0 aliphatic rings. The quantitative estimate of drug-likeness (QED) is 0.584. The Labute approximate surface area is 105 Å². The van der Waals surface area contributed by atoms with Crippen molar-refractivity contribution < 1.29 is 4.74 Å². The van der Waals surface area contributed by atoms with Crippen molar-refractivity contribution in [3.05, 3.63) is 24.3 Å². The Balaban J connectivity index is 2.24. The maximum atomic E-state index is 5.68. The molecule has 96 valence electrons. The first-order valence-corrected chi connectivity index (χ1v) is 6.36. The molecule has 0 saturated heterocycles. The van der Waals surface area contributed by atoms with Crippen LogP contribution in [-0.4, -0.2) is 30.6 Å². The van der Waals surface area contributed by atoms with E-state index in [9.17, 15) is 0 Å². The summed E-state index contributed by atoms with van der Waals surface area (Å²) in [4.78, 5) is 2.43.